The summed E-state index contributed by atoms with van der Waals surface area (Å²) < 4.78 is 9.72. The Morgan fingerprint density at radius 3 is 2.27 bits per heavy atom. The lowest BCUT2D eigenvalue weighted by Crippen LogP contribution is -2.59. The van der Waals surface area contributed by atoms with Gasteiger partial charge in [-0.1, -0.05) is 0 Å². The van der Waals surface area contributed by atoms with E-state index in [1.54, 1.807) is 0 Å². The van der Waals surface area contributed by atoms with Crippen molar-refractivity contribution in [2.24, 2.45) is 0 Å². The van der Waals surface area contributed by atoms with Crippen LogP contribution in [0.2, 0.25) is 0 Å². The molecule has 0 unspecified atom stereocenters. The van der Waals surface area contributed by atoms with Crippen molar-refractivity contribution >= 4 is 0 Å². The highest BCUT2D eigenvalue weighted by Crippen LogP contribution is 2.21. The molecular formula is C8H16O7. The second kappa shape index (κ2) is 5.71. The van der Waals surface area contributed by atoms with Gasteiger partial charge < -0.3 is 35.0 Å². The van der Waals surface area contributed by atoms with Gasteiger partial charge in [0.1, 0.15) is 24.4 Å². The van der Waals surface area contributed by atoms with Gasteiger partial charge in [0, 0.05) is 0 Å². The van der Waals surface area contributed by atoms with Crippen molar-refractivity contribution < 1.29 is 35.0 Å². The van der Waals surface area contributed by atoms with Gasteiger partial charge in [-0.25, -0.2) is 0 Å². The van der Waals surface area contributed by atoms with E-state index in [1.807, 2.05) is 0 Å². The normalized spacial score (nSPS) is 41.8. The molecule has 0 aliphatic carbocycles. The van der Waals surface area contributed by atoms with Gasteiger partial charge in [0.25, 0.3) is 0 Å². The van der Waals surface area contributed by atoms with Crippen LogP contribution in [0, 0.1) is 0 Å². The standard InChI is InChI=1S/C8H16O7/c9-1-2-14-7-6(12)5(11)4(3-10)15-8(7)13/h4-13H,1-3H2/t4-,5-,6+,7-,8+/m1/s1. The maximum Gasteiger partial charge on any atom is 0.184 e. The van der Waals surface area contributed by atoms with Gasteiger partial charge in [-0.3, -0.25) is 0 Å². The lowest BCUT2D eigenvalue weighted by molar-refractivity contribution is -0.297. The van der Waals surface area contributed by atoms with Crippen LogP contribution in [0.4, 0.5) is 0 Å². The van der Waals surface area contributed by atoms with Gasteiger partial charge in [-0.15, -0.1) is 0 Å². The minimum atomic E-state index is -1.44. The largest absolute Gasteiger partial charge is 0.394 e. The average Bonchev–Trinajstić information content (AvgIpc) is 2.23. The summed E-state index contributed by atoms with van der Waals surface area (Å²) in [5.41, 5.74) is 0. The maximum absolute atomic E-state index is 9.53. The predicted molar refractivity (Wildman–Crippen MR) is 46.8 cm³/mol. The van der Waals surface area contributed by atoms with E-state index < -0.39 is 37.3 Å². The number of ether oxygens (including phenoxy) is 2. The van der Waals surface area contributed by atoms with Crippen LogP contribution in [0.3, 0.4) is 0 Å². The predicted octanol–water partition coefficient (Wildman–Crippen LogP) is -3.20. The molecule has 0 radical (unpaired) electrons. The van der Waals surface area contributed by atoms with Gasteiger partial charge in [-0.2, -0.15) is 0 Å². The van der Waals surface area contributed by atoms with Crippen molar-refractivity contribution in [2.45, 2.75) is 30.7 Å². The number of hydrogen-bond acceptors (Lipinski definition) is 7. The molecule has 1 fully saturated rings. The molecule has 0 saturated carbocycles. The fourth-order valence-corrected chi connectivity index (χ4v) is 1.44. The Hall–Kier alpha value is -0.280. The summed E-state index contributed by atoms with van der Waals surface area (Å²) in [7, 11) is 0. The van der Waals surface area contributed by atoms with Crippen molar-refractivity contribution in [3.05, 3.63) is 0 Å². The van der Waals surface area contributed by atoms with Crippen LogP contribution in [-0.4, -0.2) is 76.1 Å². The monoisotopic (exact) mass is 224 g/mol. The van der Waals surface area contributed by atoms with Gasteiger partial charge >= 0.3 is 0 Å². The van der Waals surface area contributed by atoms with Crippen LogP contribution >= 0.6 is 0 Å². The van der Waals surface area contributed by atoms with Crippen molar-refractivity contribution in [3.63, 3.8) is 0 Å². The zero-order valence-electron chi connectivity index (χ0n) is 8.06. The van der Waals surface area contributed by atoms with Crippen LogP contribution in [0.5, 0.6) is 0 Å². The summed E-state index contributed by atoms with van der Waals surface area (Å²) >= 11 is 0. The summed E-state index contributed by atoms with van der Waals surface area (Å²) in [5, 5.41) is 45.6. The van der Waals surface area contributed by atoms with E-state index in [0.717, 1.165) is 0 Å². The molecule has 5 N–H and O–H groups in total. The third-order valence-corrected chi connectivity index (χ3v) is 2.24. The zero-order valence-corrected chi connectivity index (χ0v) is 8.06. The molecule has 1 aliphatic rings. The maximum atomic E-state index is 9.53. The van der Waals surface area contributed by atoms with Crippen LogP contribution in [-0.2, 0) is 9.47 Å². The van der Waals surface area contributed by atoms with Crippen molar-refractivity contribution in [3.8, 4) is 0 Å². The molecular weight excluding hydrogens is 208 g/mol. The van der Waals surface area contributed by atoms with Crippen LogP contribution in [0.25, 0.3) is 0 Å². The highest BCUT2D eigenvalue weighted by molar-refractivity contribution is 4.89. The Labute approximate surface area is 86.5 Å². The number of hydrogen-bond donors (Lipinski definition) is 5. The summed E-state index contributed by atoms with van der Waals surface area (Å²) in [5.74, 6) is 0. The SMILES string of the molecule is OCCO[C@@H]1[C@@H](O)[C@H](O)[C@@H](CO)O[C@@H]1O. The summed E-state index contributed by atoms with van der Waals surface area (Å²) in [6, 6.07) is 0. The molecule has 0 aromatic carbocycles. The van der Waals surface area contributed by atoms with Crippen molar-refractivity contribution in [1.82, 2.24) is 0 Å². The fraction of sp³-hybridized carbons (Fsp3) is 1.00. The summed E-state index contributed by atoms with van der Waals surface area (Å²) in [4.78, 5) is 0. The molecule has 7 heteroatoms. The minimum absolute atomic E-state index is 0.0847. The number of aliphatic hydroxyl groups is 5. The molecule has 1 rings (SSSR count). The first kappa shape index (κ1) is 12.8. The molecule has 1 aliphatic heterocycles. The van der Waals surface area contributed by atoms with E-state index in [-0.39, 0.29) is 13.2 Å². The first-order valence-corrected chi connectivity index (χ1v) is 4.64. The van der Waals surface area contributed by atoms with Crippen molar-refractivity contribution in [2.75, 3.05) is 19.8 Å². The van der Waals surface area contributed by atoms with Crippen LogP contribution in [0.15, 0.2) is 0 Å². The Balaban J connectivity index is 2.58. The molecule has 0 aromatic rings. The first-order valence-electron chi connectivity index (χ1n) is 4.64. The molecule has 0 spiro atoms. The van der Waals surface area contributed by atoms with Gasteiger partial charge in [-0.05, 0) is 0 Å². The van der Waals surface area contributed by atoms with E-state index in [1.165, 1.54) is 0 Å². The minimum Gasteiger partial charge on any atom is -0.394 e. The second-order valence-electron chi connectivity index (χ2n) is 3.29. The third-order valence-electron chi connectivity index (χ3n) is 2.24. The Morgan fingerprint density at radius 2 is 1.73 bits per heavy atom. The molecule has 0 aromatic heterocycles. The van der Waals surface area contributed by atoms with E-state index in [9.17, 15) is 15.3 Å². The summed E-state index contributed by atoms with van der Waals surface area (Å²) in [6.07, 6.45) is -6.30. The lowest BCUT2D eigenvalue weighted by Gasteiger charge is -2.39. The Bertz CT molecular complexity index is 188. The van der Waals surface area contributed by atoms with E-state index in [2.05, 4.69) is 0 Å². The highest BCUT2D eigenvalue weighted by atomic mass is 16.7. The van der Waals surface area contributed by atoms with Crippen molar-refractivity contribution in [1.29, 1.82) is 0 Å². The van der Waals surface area contributed by atoms with Crippen LogP contribution < -0.4 is 0 Å². The molecule has 7 nitrogen and oxygen atoms in total. The average molecular weight is 224 g/mol. The lowest BCUT2D eigenvalue weighted by atomic mass is 9.99. The fourth-order valence-electron chi connectivity index (χ4n) is 1.44. The van der Waals surface area contributed by atoms with E-state index >= 15 is 0 Å². The van der Waals surface area contributed by atoms with Gasteiger partial charge in [0.05, 0.1) is 19.8 Å². The molecule has 5 atom stereocenters. The van der Waals surface area contributed by atoms with E-state index in [4.69, 9.17) is 19.7 Å². The molecule has 0 bridgehead atoms. The first-order chi connectivity index (χ1) is 7.11. The topological polar surface area (TPSA) is 120 Å². The molecule has 90 valence electrons. The molecule has 1 heterocycles. The van der Waals surface area contributed by atoms with Crippen LogP contribution in [0.1, 0.15) is 0 Å². The van der Waals surface area contributed by atoms with E-state index in [0.29, 0.717) is 0 Å². The Morgan fingerprint density at radius 1 is 1.07 bits per heavy atom. The molecule has 1 saturated heterocycles. The molecule has 0 amide bonds. The number of aliphatic hydroxyl groups excluding tert-OH is 5. The highest BCUT2D eigenvalue weighted by Gasteiger charge is 2.44. The number of rotatable bonds is 4. The van der Waals surface area contributed by atoms with Gasteiger partial charge in [0.2, 0.25) is 0 Å². The third kappa shape index (κ3) is 2.85. The molecule has 15 heavy (non-hydrogen) atoms. The Kier molecular flexibility index (Phi) is 4.87. The summed E-state index contributed by atoms with van der Waals surface area (Å²) in [6.45, 7) is -0.865. The quantitative estimate of drug-likeness (QED) is 0.341. The zero-order chi connectivity index (χ0) is 11.4. The smallest absolute Gasteiger partial charge is 0.184 e. The second-order valence-corrected chi connectivity index (χ2v) is 3.29. The van der Waals surface area contributed by atoms with Gasteiger partial charge in [0.15, 0.2) is 6.29 Å².